The molecule has 0 fully saturated rings. The van der Waals surface area contributed by atoms with E-state index in [9.17, 15) is 9.59 Å². The minimum Gasteiger partial charge on any atom is -0.479 e. The van der Waals surface area contributed by atoms with Crippen LogP contribution < -0.4 is 5.32 Å². The Hall–Kier alpha value is -1.46. The quantitative estimate of drug-likeness (QED) is 0.806. The minimum absolute atomic E-state index is 0.212. The first-order valence-corrected chi connectivity index (χ1v) is 5.31. The molecule has 0 heterocycles. The summed E-state index contributed by atoms with van der Waals surface area (Å²) in [6.45, 7) is -0.881. The maximum atomic E-state index is 11.1. The number of carbonyl (C=O) groups is 2. The van der Waals surface area contributed by atoms with Gasteiger partial charge in [-0.15, -0.1) is 0 Å². The number of aliphatic carboxylic acids is 1. The fraction of sp³-hybridized carbons (Fsp3) is 0.200. The second-order valence-corrected chi connectivity index (χ2v) is 3.82. The van der Waals surface area contributed by atoms with E-state index in [-0.39, 0.29) is 6.54 Å². The van der Waals surface area contributed by atoms with E-state index in [1.165, 1.54) is 0 Å². The van der Waals surface area contributed by atoms with E-state index in [1.807, 2.05) is 0 Å². The number of carboxylic acid groups (broad SMARTS) is 1. The van der Waals surface area contributed by atoms with Crippen LogP contribution in [0.25, 0.3) is 0 Å². The zero-order valence-electron chi connectivity index (χ0n) is 8.57. The molecular formula is C10H9Cl2NO4. The molecule has 2 N–H and O–H groups in total. The van der Waals surface area contributed by atoms with E-state index in [0.717, 1.165) is 0 Å². The Morgan fingerprint density at radius 1 is 1.29 bits per heavy atom. The first-order valence-electron chi connectivity index (χ1n) is 4.56. The number of para-hydroxylation sites is 1. The monoisotopic (exact) mass is 277 g/mol. The molecule has 1 aromatic rings. The van der Waals surface area contributed by atoms with Crippen molar-refractivity contribution in [3.63, 3.8) is 0 Å². The van der Waals surface area contributed by atoms with Crippen molar-refractivity contribution in [2.45, 2.75) is 0 Å². The van der Waals surface area contributed by atoms with Gasteiger partial charge < -0.3 is 15.2 Å². The van der Waals surface area contributed by atoms with Gasteiger partial charge >= 0.3 is 11.9 Å². The van der Waals surface area contributed by atoms with Crippen molar-refractivity contribution in [3.05, 3.63) is 28.2 Å². The van der Waals surface area contributed by atoms with E-state index in [2.05, 4.69) is 10.1 Å². The predicted octanol–water partition coefficient (Wildman–Crippen LogP) is 2.03. The van der Waals surface area contributed by atoms with Crippen LogP contribution in [-0.4, -0.2) is 30.2 Å². The first-order chi connectivity index (χ1) is 8.00. The Bertz CT molecular complexity index is 416. The molecular weight excluding hydrogens is 269 g/mol. The zero-order valence-corrected chi connectivity index (χ0v) is 10.1. The number of rotatable bonds is 5. The summed E-state index contributed by atoms with van der Waals surface area (Å²) >= 11 is 11.7. The van der Waals surface area contributed by atoms with Gasteiger partial charge in [0.2, 0.25) is 0 Å². The van der Waals surface area contributed by atoms with Gasteiger partial charge in [0, 0.05) is 0 Å². The summed E-state index contributed by atoms with van der Waals surface area (Å²) in [5, 5.41) is 11.7. The van der Waals surface area contributed by atoms with Crippen LogP contribution in [0.2, 0.25) is 10.0 Å². The molecule has 0 atom stereocenters. The van der Waals surface area contributed by atoms with Crippen LogP contribution in [0.5, 0.6) is 0 Å². The third-order valence-corrected chi connectivity index (χ3v) is 2.36. The van der Waals surface area contributed by atoms with Crippen molar-refractivity contribution in [3.8, 4) is 0 Å². The van der Waals surface area contributed by atoms with Crippen molar-refractivity contribution in [2.75, 3.05) is 18.5 Å². The number of nitrogens with one attached hydrogen (secondary N) is 1. The Labute approximate surface area is 107 Å². The molecule has 5 nitrogen and oxygen atoms in total. The van der Waals surface area contributed by atoms with Gasteiger partial charge in [0.1, 0.15) is 6.54 Å². The van der Waals surface area contributed by atoms with Crippen molar-refractivity contribution >= 4 is 40.8 Å². The molecule has 0 saturated carbocycles. The van der Waals surface area contributed by atoms with Gasteiger partial charge in [0.05, 0.1) is 15.7 Å². The van der Waals surface area contributed by atoms with Crippen LogP contribution in [0.15, 0.2) is 18.2 Å². The number of carboxylic acids is 1. The smallest absolute Gasteiger partial charge is 0.341 e. The lowest BCUT2D eigenvalue weighted by molar-refractivity contribution is -0.153. The van der Waals surface area contributed by atoms with Crippen LogP contribution in [0, 0.1) is 0 Å². The fourth-order valence-corrected chi connectivity index (χ4v) is 1.55. The highest BCUT2D eigenvalue weighted by Crippen LogP contribution is 2.29. The van der Waals surface area contributed by atoms with Crippen LogP contribution in [0.3, 0.4) is 0 Å². The zero-order chi connectivity index (χ0) is 12.8. The predicted molar refractivity (Wildman–Crippen MR) is 63.5 cm³/mol. The van der Waals surface area contributed by atoms with Crippen molar-refractivity contribution in [2.24, 2.45) is 0 Å². The fourth-order valence-electron chi connectivity index (χ4n) is 1.02. The molecule has 0 unspecified atom stereocenters. The van der Waals surface area contributed by atoms with Gasteiger partial charge in [-0.1, -0.05) is 29.3 Å². The summed E-state index contributed by atoms with van der Waals surface area (Å²) in [4.78, 5) is 21.3. The van der Waals surface area contributed by atoms with Crippen LogP contribution in [0.4, 0.5) is 5.69 Å². The second-order valence-electron chi connectivity index (χ2n) is 3.00. The Morgan fingerprint density at radius 2 is 1.88 bits per heavy atom. The highest BCUT2D eigenvalue weighted by atomic mass is 35.5. The molecule has 0 spiro atoms. The average Bonchev–Trinajstić information content (AvgIpc) is 2.25. The summed E-state index contributed by atoms with van der Waals surface area (Å²) in [6, 6.07) is 4.88. The Kier molecular flexibility index (Phi) is 5.06. The Morgan fingerprint density at radius 3 is 2.41 bits per heavy atom. The summed E-state index contributed by atoms with van der Waals surface area (Å²) in [7, 11) is 0. The lowest BCUT2D eigenvalue weighted by Crippen LogP contribution is -2.20. The molecule has 0 aliphatic heterocycles. The normalized spacial score (nSPS) is 9.76. The molecule has 1 aromatic carbocycles. The van der Waals surface area contributed by atoms with Gasteiger partial charge in [0.25, 0.3) is 0 Å². The third kappa shape index (κ3) is 4.50. The number of benzene rings is 1. The molecule has 17 heavy (non-hydrogen) atoms. The molecule has 0 saturated heterocycles. The SMILES string of the molecule is O=C(O)COC(=O)CNc1c(Cl)cccc1Cl. The number of hydrogen-bond donors (Lipinski definition) is 2. The second kappa shape index (κ2) is 6.32. The molecule has 0 radical (unpaired) electrons. The minimum atomic E-state index is -1.21. The standard InChI is InChI=1S/C10H9Cl2NO4/c11-6-2-1-3-7(12)10(6)13-4-9(16)17-5-8(14)15/h1-3,13H,4-5H2,(H,14,15). The molecule has 0 bridgehead atoms. The molecule has 0 amide bonds. The average molecular weight is 278 g/mol. The van der Waals surface area contributed by atoms with E-state index in [1.54, 1.807) is 18.2 Å². The van der Waals surface area contributed by atoms with Gasteiger partial charge in [-0.2, -0.15) is 0 Å². The van der Waals surface area contributed by atoms with Gasteiger partial charge in [-0.05, 0) is 12.1 Å². The van der Waals surface area contributed by atoms with E-state index in [0.29, 0.717) is 15.7 Å². The summed E-state index contributed by atoms with van der Waals surface area (Å²) < 4.78 is 4.42. The number of anilines is 1. The number of halogens is 2. The van der Waals surface area contributed by atoms with Crippen LogP contribution >= 0.6 is 23.2 Å². The lowest BCUT2D eigenvalue weighted by atomic mass is 10.3. The maximum Gasteiger partial charge on any atom is 0.341 e. The van der Waals surface area contributed by atoms with Crippen LogP contribution in [0.1, 0.15) is 0 Å². The molecule has 7 heteroatoms. The van der Waals surface area contributed by atoms with Gasteiger partial charge in [-0.25, -0.2) is 4.79 Å². The van der Waals surface area contributed by atoms with Gasteiger partial charge in [-0.3, -0.25) is 4.79 Å². The summed E-state index contributed by atoms with van der Waals surface area (Å²) in [5.74, 6) is -1.92. The number of hydrogen-bond acceptors (Lipinski definition) is 4. The molecule has 1 rings (SSSR count). The highest BCUT2D eigenvalue weighted by Gasteiger charge is 2.09. The number of carbonyl (C=O) groups excluding carboxylic acids is 1. The maximum absolute atomic E-state index is 11.1. The topological polar surface area (TPSA) is 75.6 Å². The van der Waals surface area contributed by atoms with Crippen molar-refractivity contribution in [1.29, 1.82) is 0 Å². The lowest BCUT2D eigenvalue weighted by Gasteiger charge is -2.09. The first kappa shape index (κ1) is 13.6. The van der Waals surface area contributed by atoms with E-state index < -0.39 is 18.5 Å². The number of esters is 1. The Balaban J connectivity index is 2.50. The van der Waals surface area contributed by atoms with E-state index >= 15 is 0 Å². The van der Waals surface area contributed by atoms with Crippen molar-refractivity contribution in [1.82, 2.24) is 0 Å². The molecule has 0 aliphatic carbocycles. The largest absolute Gasteiger partial charge is 0.479 e. The molecule has 92 valence electrons. The highest BCUT2D eigenvalue weighted by molar-refractivity contribution is 6.39. The number of ether oxygens (including phenoxy) is 1. The van der Waals surface area contributed by atoms with E-state index in [4.69, 9.17) is 28.3 Å². The molecule has 0 aliphatic rings. The molecule has 0 aromatic heterocycles. The van der Waals surface area contributed by atoms with Crippen LogP contribution in [-0.2, 0) is 14.3 Å². The summed E-state index contributed by atoms with van der Waals surface area (Å²) in [5.41, 5.74) is 0.406. The summed E-state index contributed by atoms with van der Waals surface area (Å²) in [6.07, 6.45) is 0. The van der Waals surface area contributed by atoms with Crippen molar-refractivity contribution < 1.29 is 19.4 Å². The van der Waals surface area contributed by atoms with Gasteiger partial charge in [0.15, 0.2) is 6.61 Å². The third-order valence-electron chi connectivity index (χ3n) is 1.73.